The third-order valence-corrected chi connectivity index (χ3v) is 4.16. The first-order chi connectivity index (χ1) is 13.3. The molecule has 7 heteroatoms. The number of methoxy groups -OCH3 is 1. The summed E-state index contributed by atoms with van der Waals surface area (Å²) in [5.74, 6) is -0.349. The summed E-state index contributed by atoms with van der Waals surface area (Å²) in [6.07, 6.45) is 0.0778. The van der Waals surface area contributed by atoms with E-state index in [1.165, 1.54) is 14.0 Å². The van der Waals surface area contributed by atoms with E-state index in [-0.39, 0.29) is 24.2 Å². The summed E-state index contributed by atoms with van der Waals surface area (Å²) in [7, 11) is 1.51. The Morgan fingerprint density at radius 2 is 1.79 bits per heavy atom. The first-order valence-electron chi connectivity index (χ1n) is 8.72. The Labute approximate surface area is 163 Å². The van der Waals surface area contributed by atoms with Gasteiger partial charge in [-0.05, 0) is 49.7 Å². The summed E-state index contributed by atoms with van der Waals surface area (Å²) >= 11 is 0. The third kappa shape index (κ3) is 5.84. The molecule has 0 aliphatic rings. The van der Waals surface area contributed by atoms with E-state index in [2.05, 4.69) is 5.32 Å². The van der Waals surface area contributed by atoms with E-state index in [9.17, 15) is 14.4 Å². The van der Waals surface area contributed by atoms with Crippen molar-refractivity contribution in [3.8, 4) is 11.5 Å². The molecule has 1 atom stereocenters. The molecule has 2 aromatic rings. The van der Waals surface area contributed by atoms with Crippen LogP contribution in [0.1, 0.15) is 41.4 Å². The number of carboxylic acid groups (broad SMARTS) is 1. The Hall–Kier alpha value is -3.35. The van der Waals surface area contributed by atoms with E-state index in [0.717, 1.165) is 5.56 Å². The minimum Gasteiger partial charge on any atom is -0.496 e. The molecule has 0 saturated carbocycles. The second-order valence-electron chi connectivity index (χ2n) is 6.30. The number of amides is 1. The van der Waals surface area contributed by atoms with E-state index in [1.54, 1.807) is 42.5 Å². The van der Waals surface area contributed by atoms with Gasteiger partial charge in [-0.2, -0.15) is 0 Å². The molecule has 0 spiro atoms. The van der Waals surface area contributed by atoms with Crippen molar-refractivity contribution >= 4 is 17.7 Å². The van der Waals surface area contributed by atoms with Crippen molar-refractivity contribution in [2.24, 2.45) is 0 Å². The number of hydrogen-bond donors (Lipinski definition) is 2. The fraction of sp³-hybridized carbons (Fsp3) is 0.286. The molecule has 1 amide bonds. The highest BCUT2D eigenvalue weighted by Gasteiger charge is 2.14. The molecule has 7 nitrogen and oxygen atoms in total. The molecular weight excluding hydrogens is 362 g/mol. The van der Waals surface area contributed by atoms with Gasteiger partial charge >= 0.3 is 5.97 Å². The number of nitrogens with one attached hydrogen (secondary N) is 1. The third-order valence-electron chi connectivity index (χ3n) is 4.16. The van der Waals surface area contributed by atoms with Gasteiger partial charge in [0.15, 0.2) is 12.4 Å². The lowest BCUT2D eigenvalue weighted by Gasteiger charge is -2.16. The minimum atomic E-state index is -1.05. The van der Waals surface area contributed by atoms with Gasteiger partial charge in [-0.25, -0.2) is 4.79 Å². The number of rotatable bonds is 9. The SMILES string of the molecule is COc1ccc(C(C)=O)cc1CC(=O)NC(C)c1ccc(OCC(=O)O)cc1. The first-order valence-corrected chi connectivity index (χ1v) is 8.72. The standard InChI is InChI=1S/C21H23NO6/c1-13(15-4-7-18(8-5-15)28-12-21(25)26)22-20(24)11-17-10-16(14(2)23)6-9-19(17)27-3/h4-10,13H,11-12H2,1-3H3,(H,22,24)(H,25,26). The second-order valence-corrected chi connectivity index (χ2v) is 6.30. The van der Waals surface area contributed by atoms with E-state index in [0.29, 0.717) is 22.6 Å². The Kier molecular flexibility index (Phi) is 7.14. The predicted octanol–water partition coefficient (Wildman–Crippen LogP) is 2.78. The normalized spacial score (nSPS) is 11.4. The van der Waals surface area contributed by atoms with Crippen LogP contribution in [0, 0.1) is 0 Å². The zero-order valence-corrected chi connectivity index (χ0v) is 16.0. The monoisotopic (exact) mass is 385 g/mol. The summed E-state index contributed by atoms with van der Waals surface area (Å²) in [6.45, 7) is 2.90. The molecule has 2 N–H and O–H groups in total. The lowest BCUT2D eigenvalue weighted by molar-refractivity contribution is -0.139. The molecule has 1 unspecified atom stereocenters. The maximum Gasteiger partial charge on any atom is 0.341 e. The largest absolute Gasteiger partial charge is 0.496 e. The summed E-state index contributed by atoms with van der Waals surface area (Å²) in [5, 5.41) is 11.5. The zero-order valence-electron chi connectivity index (χ0n) is 16.0. The van der Waals surface area contributed by atoms with Crippen LogP contribution in [0.2, 0.25) is 0 Å². The van der Waals surface area contributed by atoms with Crippen LogP contribution < -0.4 is 14.8 Å². The molecule has 0 aromatic heterocycles. The Morgan fingerprint density at radius 1 is 1.11 bits per heavy atom. The molecule has 0 bridgehead atoms. The molecule has 0 radical (unpaired) electrons. The van der Waals surface area contributed by atoms with Crippen LogP contribution in [-0.2, 0) is 16.0 Å². The quantitative estimate of drug-likeness (QED) is 0.644. The average molecular weight is 385 g/mol. The van der Waals surface area contributed by atoms with Crippen molar-refractivity contribution in [1.82, 2.24) is 5.32 Å². The van der Waals surface area contributed by atoms with Crippen molar-refractivity contribution in [3.05, 3.63) is 59.2 Å². The summed E-state index contributed by atoms with van der Waals surface area (Å²) < 4.78 is 10.4. The number of carbonyl (C=O) groups excluding carboxylic acids is 2. The Bertz CT molecular complexity index is 860. The van der Waals surface area contributed by atoms with Crippen LogP contribution in [0.4, 0.5) is 0 Å². The van der Waals surface area contributed by atoms with Crippen molar-refractivity contribution < 1.29 is 29.0 Å². The fourth-order valence-electron chi connectivity index (χ4n) is 2.68. The summed E-state index contributed by atoms with van der Waals surface area (Å²) in [5.41, 5.74) is 2.01. The average Bonchev–Trinajstić information content (AvgIpc) is 2.66. The number of carbonyl (C=O) groups is 3. The van der Waals surface area contributed by atoms with Gasteiger partial charge < -0.3 is 19.9 Å². The maximum atomic E-state index is 12.4. The lowest BCUT2D eigenvalue weighted by Crippen LogP contribution is -2.28. The van der Waals surface area contributed by atoms with Crippen LogP contribution in [0.15, 0.2) is 42.5 Å². The molecule has 0 heterocycles. The van der Waals surface area contributed by atoms with Gasteiger partial charge in [-0.3, -0.25) is 9.59 Å². The number of ether oxygens (including phenoxy) is 2. The van der Waals surface area contributed by atoms with E-state index >= 15 is 0 Å². The minimum absolute atomic E-state index is 0.0778. The van der Waals surface area contributed by atoms with Gasteiger partial charge in [0.2, 0.25) is 5.91 Å². The smallest absolute Gasteiger partial charge is 0.341 e. The highest BCUT2D eigenvalue weighted by molar-refractivity contribution is 5.94. The maximum absolute atomic E-state index is 12.4. The summed E-state index contributed by atoms with van der Waals surface area (Å²) in [6, 6.07) is 11.6. The van der Waals surface area contributed by atoms with E-state index in [4.69, 9.17) is 14.6 Å². The molecule has 0 saturated heterocycles. The van der Waals surface area contributed by atoms with Crippen molar-refractivity contribution in [2.75, 3.05) is 13.7 Å². The van der Waals surface area contributed by atoms with Crippen LogP contribution in [0.3, 0.4) is 0 Å². The van der Waals surface area contributed by atoms with E-state index < -0.39 is 12.6 Å². The highest BCUT2D eigenvalue weighted by Crippen LogP contribution is 2.22. The number of carboxylic acids is 1. The first kappa shape index (κ1) is 21.0. The number of aliphatic carboxylic acids is 1. The number of ketones is 1. The van der Waals surface area contributed by atoms with Crippen LogP contribution in [0.25, 0.3) is 0 Å². The number of hydrogen-bond acceptors (Lipinski definition) is 5. The highest BCUT2D eigenvalue weighted by atomic mass is 16.5. The second kappa shape index (κ2) is 9.55. The topological polar surface area (TPSA) is 102 Å². The van der Waals surface area contributed by atoms with Crippen molar-refractivity contribution in [1.29, 1.82) is 0 Å². The van der Waals surface area contributed by atoms with Gasteiger partial charge in [0, 0.05) is 11.1 Å². The zero-order chi connectivity index (χ0) is 20.7. The molecule has 0 aliphatic heterocycles. The number of benzene rings is 2. The molecule has 28 heavy (non-hydrogen) atoms. The number of Topliss-reactive ketones (excluding diaryl/α,β-unsaturated/α-hetero) is 1. The predicted molar refractivity (Wildman–Crippen MR) is 103 cm³/mol. The van der Waals surface area contributed by atoms with Crippen LogP contribution in [0.5, 0.6) is 11.5 Å². The molecular formula is C21H23NO6. The lowest BCUT2D eigenvalue weighted by atomic mass is 10.0. The molecule has 2 rings (SSSR count). The van der Waals surface area contributed by atoms with Gasteiger partial charge in [-0.15, -0.1) is 0 Å². The molecule has 0 fully saturated rings. The fourth-order valence-corrected chi connectivity index (χ4v) is 2.68. The van der Waals surface area contributed by atoms with Gasteiger partial charge in [0.1, 0.15) is 11.5 Å². The van der Waals surface area contributed by atoms with Gasteiger partial charge in [-0.1, -0.05) is 12.1 Å². The van der Waals surface area contributed by atoms with Crippen molar-refractivity contribution in [2.45, 2.75) is 26.3 Å². The van der Waals surface area contributed by atoms with Gasteiger partial charge in [0.05, 0.1) is 19.6 Å². The molecule has 0 aliphatic carbocycles. The molecule has 2 aromatic carbocycles. The van der Waals surface area contributed by atoms with Crippen molar-refractivity contribution in [3.63, 3.8) is 0 Å². The Balaban J connectivity index is 2.01. The molecule has 148 valence electrons. The van der Waals surface area contributed by atoms with Crippen LogP contribution in [-0.4, -0.2) is 36.5 Å². The van der Waals surface area contributed by atoms with E-state index in [1.807, 2.05) is 6.92 Å². The van der Waals surface area contributed by atoms with Gasteiger partial charge in [0.25, 0.3) is 0 Å². The van der Waals surface area contributed by atoms with Crippen LogP contribution >= 0.6 is 0 Å². The Morgan fingerprint density at radius 3 is 2.36 bits per heavy atom. The summed E-state index contributed by atoms with van der Waals surface area (Å²) in [4.78, 5) is 34.5.